The number of aromatic amines is 1. The van der Waals surface area contributed by atoms with Crippen molar-refractivity contribution in [1.82, 2.24) is 9.78 Å². The summed E-state index contributed by atoms with van der Waals surface area (Å²) in [6, 6.07) is 17.7. The maximum atomic E-state index is 13.5. The molecule has 2 heterocycles. The second-order valence-corrected chi connectivity index (χ2v) is 8.17. The summed E-state index contributed by atoms with van der Waals surface area (Å²) in [6.07, 6.45) is 1.33. The molecule has 2 atom stereocenters. The Morgan fingerprint density at radius 1 is 0.966 bits per heavy atom. The number of nitrogens with one attached hydrogen (secondary N) is 2. The Bertz CT molecular complexity index is 1180. The van der Waals surface area contributed by atoms with E-state index in [2.05, 4.69) is 17.3 Å². The number of aryl methyl sites for hydroxylation is 1. The van der Waals surface area contributed by atoms with E-state index in [-0.39, 0.29) is 23.2 Å². The third-order valence-corrected chi connectivity index (χ3v) is 5.92. The lowest BCUT2D eigenvalue weighted by Crippen LogP contribution is -2.31. The fourth-order valence-electron chi connectivity index (χ4n) is 4.54. The summed E-state index contributed by atoms with van der Waals surface area (Å²) in [7, 11) is 0. The molecule has 146 valence electrons. The smallest absolute Gasteiger partial charge is 0.277 e. The van der Waals surface area contributed by atoms with Gasteiger partial charge in [0.25, 0.3) is 5.56 Å². The number of hydrogen-bond donors (Lipinski definition) is 2. The zero-order valence-corrected chi connectivity index (χ0v) is 16.5. The number of allylic oxidation sites excluding steroid dienone is 2. The highest BCUT2D eigenvalue weighted by atomic mass is 16.1. The quantitative estimate of drug-likeness (QED) is 0.692. The van der Waals surface area contributed by atoms with Crippen LogP contribution in [0.4, 0.5) is 5.82 Å². The van der Waals surface area contributed by atoms with Crippen molar-refractivity contribution in [2.24, 2.45) is 5.92 Å². The summed E-state index contributed by atoms with van der Waals surface area (Å²) in [4.78, 5) is 26.5. The van der Waals surface area contributed by atoms with Gasteiger partial charge in [0.15, 0.2) is 5.78 Å². The Labute approximate surface area is 169 Å². The number of aromatic nitrogens is 2. The van der Waals surface area contributed by atoms with E-state index in [1.54, 1.807) is 4.68 Å². The molecule has 1 aromatic heterocycles. The van der Waals surface area contributed by atoms with Crippen molar-refractivity contribution in [2.75, 3.05) is 5.32 Å². The highest BCUT2D eigenvalue weighted by Gasteiger charge is 2.40. The number of H-pyrrole nitrogens is 1. The predicted octanol–water partition coefficient (Wildman–Crippen LogP) is 4.28. The van der Waals surface area contributed by atoms with Crippen LogP contribution in [0.3, 0.4) is 0 Å². The molecule has 5 rings (SSSR count). The monoisotopic (exact) mass is 385 g/mol. The zero-order chi connectivity index (χ0) is 20.1. The summed E-state index contributed by atoms with van der Waals surface area (Å²) in [5, 5.41) is 6.62. The Morgan fingerprint density at radius 2 is 1.69 bits per heavy atom. The Kier molecular flexibility index (Phi) is 4.05. The van der Waals surface area contributed by atoms with Crippen LogP contribution in [0.5, 0.6) is 0 Å². The summed E-state index contributed by atoms with van der Waals surface area (Å²) in [5.74, 6) is 0.756. The van der Waals surface area contributed by atoms with Crippen molar-refractivity contribution in [3.63, 3.8) is 0 Å². The maximum Gasteiger partial charge on any atom is 0.277 e. The van der Waals surface area contributed by atoms with Gasteiger partial charge in [-0.1, -0.05) is 55.0 Å². The molecule has 0 unspecified atom stereocenters. The number of nitrogens with zero attached hydrogens (tertiary/aromatic N) is 1. The molecule has 2 aliphatic rings. The van der Waals surface area contributed by atoms with Crippen LogP contribution >= 0.6 is 0 Å². The van der Waals surface area contributed by atoms with E-state index in [0.29, 0.717) is 17.8 Å². The number of fused-ring (bicyclic) bond motifs is 1. The lowest BCUT2D eigenvalue weighted by atomic mass is 9.74. The molecule has 29 heavy (non-hydrogen) atoms. The van der Waals surface area contributed by atoms with E-state index in [9.17, 15) is 9.59 Å². The second kappa shape index (κ2) is 6.62. The molecule has 0 fully saturated rings. The number of hydrogen-bond acceptors (Lipinski definition) is 3. The van der Waals surface area contributed by atoms with Crippen molar-refractivity contribution in [3.05, 3.63) is 92.9 Å². The van der Waals surface area contributed by atoms with Crippen LogP contribution in [0.25, 0.3) is 5.69 Å². The first-order chi connectivity index (χ1) is 14.0. The van der Waals surface area contributed by atoms with Gasteiger partial charge in [-0.2, -0.15) is 0 Å². The minimum absolute atomic E-state index is 0.123. The van der Waals surface area contributed by atoms with Gasteiger partial charge < -0.3 is 5.32 Å². The number of Topliss-reactive ketones (excluding diaryl/α,β-unsaturated/α-hetero) is 1. The summed E-state index contributed by atoms with van der Waals surface area (Å²) >= 11 is 0. The molecule has 3 aromatic rings. The SMILES string of the molecule is Cc1ccc([C@@H]2C3=C(C[C@@H](C)CC3=O)Nc3[nH]n(-c4ccccc4)c(=O)c32)cc1. The number of rotatable bonds is 2. The number of carbonyl (C=O) groups is 1. The Hall–Kier alpha value is -3.34. The fourth-order valence-corrected chi connectivity index (χ4v) is 4.54. The Balaban J connectivity index is 1.74. The number of benzene rings is 2. The van der Waals surface area contributed by atoms with Gasteiger partial charge in [-0.05, 0) is 37.0 Å². The molecule has 1 aliphatic carbocycles. The molecular formula is C24H23N3O2. The van der Waals surface area contributed by atoms with Crippen LogP contribution in [0.1, 0.15) is 42.4 Å². The van der Waals surface area contributed by atoms with Crippen LogP contribution in [-0.4, -0.2) is 15.6 Å². The molecule has 0 saturated heterocycles. The van der Waals surface area contributed by atoms with E-state index < -0.39 is 0 Å². The first-order valence-corrected chi connectivity index (χ1v) is 10.0. The van der Waals surface area contributed by atoms with Crippen LogP contribution in [-0.2, 0) is 4.79 Å². The van der Waals surface area contributed by atoms with Gasteiger partial charge in [0.05, 0.1) is 11.3 Å². The van der Waals surface area contributed by atoms with Gasteiger partial charge >= 0.3 is 0 Å². The summed E-state index contributed by atoms with van der Waals surface area (Å²) in [6.45, 7) is 4.13. The summed E-state index contributed by atoms with van der Waals surface area (Å²) in [5.41, 5.74) is 5.07. The van der Waals surface area contributed by atoms with Gasteiger partial charge in [0, 0.05) is 23.6 Å². The molecule has 0 amide bonds. The average molecular weight is 385 g/mol. The molecule has 5 nitrogen and oxygen atoms in total. The van der Waals surface area contributed by atoms with Crippen LogP contribution in [0.2, 0.25) is 0 Å². The van der Waals surface area contributed by atoms with Gasteiger partial charge in [-0.25, -0.2) is 4.68 Å². The molecule has 0 spiro atoms. The fraction of sp³-hybridized carbons (Fsp3) is 0.250. The van der Waals surface area contributed by atoms with Crippen LogP contribution in [0.15, 0.2) is 70.7 Å². The van der Waals surface area contributed by atoms with Crippen molar-refractivity contribution >= 4 is 11.6 Å². The van der Waals surface area contributed by atoms with E-state index >= 15 is 0 Å². The highest BCUT2D eigenvalue weighted by Crippen LogP contribution is 2.44. The third-order valence-electron chi connectivity index (χ3n) is 5.92. The number of ketones is 1. The molecule has 0 radical (unpaired) electrons. The minimum Gasteiger partial charge on any atom is -0.343 e. The normalized spacial score (nSPS) is 20.8. The van der Waals surface area contributed by atoms with Crippen molar-refractivity contribution in [3.8, 4) is 5.69 Å². The highest BCUT2D eigenvalue weighted by molar-refractivity contribution is 6.01. The number of anilines is 1. The van der Waals surface area contributed by atoms with Crippen LogP contribution in [0, 0.1) is 12.8 Å². The second-order valence-electron chi connectivity index (χ2n) is 8.17. The van der Waals surface area contributed by atoms with E-state index in [0.717, 1.165) is 34.5 Å². The molecule has 0 bridgehead atoms. The summed E-state index contributed by atoms with van der Waals surface area (Å²) < 4.78 is 1.56. The third kappa shape index (κ3) is 2.85. The van der Waals surface area contributed by atoms with E-state index in [1.165, 1.54) is 0 Å². The Morgan fingerprint density at radius 3 is 2.41 bits per heavy atom. The van der Waals surface area contributed by atoms with E-state index in [4.69, 9.17) is 0 Å². The van der Waals surface area contributed by atoms with Crippen molar-refractivity contribution in [1.29, 1.82) is 0 Å². The van der Waals surface area contributed by atoms with Gasteiger partial charge in [0.2, 0.25) is 0 Å². The molecule has 2 aromatic carbocycles. The predicted molar refractivity (Wildman–Crippen MR) is 113 cm³/mol. The van der Waals surface area contributed by atoms with E-state index in [1.807, 2.05) is 61.5 Å². The average Bonchev–Trinajstić information content (AvgIpc) is 3.04. The topological polar surface area (TPSA) is 66.9 Å². The van der Waals surface area contributed by atoms with Crippen molar-refractivity contribution < 1.29 is 4.79 Å². The largest absolute Gasteiger partial charge is 0.343 e. The van der Waals surface area contributed by atoms with Gasteiger partial charge in [0.1, 0.15) is 5.82 Å². The molecule has 2 N–H and O–H groups in total. The first-order valence-electron chi connectivity index (χ1n) is 10.0. The molecule has 1 aliphatic heterocycles. The molecular weight excluding hydrogens is 362 g/mol. The number of carbonyl (C=O) groups excluding carboxylic acids is 1. The minimum atomic E-state index is -0.351. The van der Waals surface area contributed by atoms with Crippen LogP contribution < -0.4 is 10.9 Å². The van der Waals surface area contributed by atoms with Gasteiger partial charge in [-0.15, -0.1) is 0 Å². The number of para-hydroxylation sites is 1. The molecule has 0 saturated carbocycles. The molecule has 5 heteroatoms. The maximum absolute atomic E-state index is 13.5. The van der Waals surface area contributed by atoms with Crippen molar-refractivity contribution in [2.45, 2.75) is 32.6 Å². The lowest BCUT2D eigenvalue weighted by Gasteiger charge is -2.33. The first kappa shape index (κ1) is 17.7. The zero-order valence-electron chi connectivity index (χ0n) is 16.5. The standard InChI is InChI=1S/C24H23N3O2/c1-14-8-10-16(11-9-14)20-21-18(12-15(2)13-19(21)28)25-23-22(20)24(29)27(26-23)17-6-4-3-5-7-17/h3-11,15,20,25-26H,12-13H2,1-2H3/t15-,20-/m1/s1. The lowest BCUT2D eigenvalue weighted by molar-refractivity contribution is -0.117. The van der Waals surface area contributed by atoms with Gasteiger partial charge in [-0.3, -0.25) is 14.7 Å².